The van der Waals surface area contributed by atoms with E-state index in [1.54, 1.807) is 0 Å². The molecule has 4 rings (SSSR count). The van der Waals surface area contributed by atoms with Gasteiger partial charge in [0.2, 0.25) is 0 Å². The number of alkyl halides is 1. The van der Waals surface area contributed by atoms with Gasteiger partial charge in [0, 0.05) is 3.42 Å². The molecule has 4 fully saturated rings. The van der Waals surface area contributed by atoms with Crippen LogP contribution in [0.1, 0.15) is 25.7 Å². The Balaban J connectivity index is 0.000000653. The molecule has 0 saturated heterocycles. The standard InChI is InChI=1S/C9H10Cl2I.Li/c10-7(11)8-4-9(12)5(8)2-1-3-6(8)9;/h5-6H,1-4H2;/q-1;+1. The Bertz CT molecular complexity index is 232. The van der Waals surface area contributed by atoms with Crippen LogP contribution in [0.25, 0.3) is 0 Å². The molecular formula is C9H10Cl2ILi. The van der Waals surface area contributed by atoms with E-state index in [4.69, 9.17) is 23.2 Å². The van der Waals surface area contributed by atoms with Crippen molar-refractivity contribution in [1.82, 2.24) is 0 Å². The SMILES string of the molecule is Cl[C-](Cl)C12CC3(I)C1CCCC32.[Li+]. The Morgan fingerprint density at radius 2 is 1.77 bits per heavy atom. The zero-order valence-electron chi connectivity index (χ0n) is 7.62. The van der Waals surface area contributed by atoms with Crippen molar-refractivity contribution in [1.29, 1.82) is 0 Å². The van der Waals surface area contributed by atoms with E-state index in [0.29, 0.717) is 8.26 Å². The van der Waals surface area contributed by atoms with Gasteiger partial charge in [0.25, 0.3) is 0 Å². The fourth-order valence-electron chi connectivity index (χ4n) is 3.78. The van der Waals surface area contributed by atoms with Gasteiger partial charge < -0.3 is 23.2 Å². The van der Waals surface area contributed by atoms with Crippen LogP contribution in [0.2, 0.25) is 0 Å². The number of halogens is 3. The summed E-state index contributed by atoms with van der Waals surface area (Å²) in [6.07, 6.45) is 5.34. The van der Waals surface area contributed by atoms with Crippen molar-refractivity contribution in [2.24, 2.45) is 17.3 Å². The number of hydrogen-bond donors (Lipinski definition) is 0. The summed E-state index contributed by atoms with van der Waals surface area (Å²) in [7, 11) is 0. The molecule has 0 aromatic rings. The maximum Gasteiger partial charge on any atom is 1.00 e. The topological polar surface area (TPSA) is 0 Å². The molecule has 0 heterocycles. The molecule has 4 heteroatoms. The average Bonchev–Trinajstić information content (AvgIpc) is 2.00. The first-order valence-corrected chi connectivity index (χ1v) is 6.33. The molecule has 4 saturated carbocycles. The zero-order chi connectivity index (χ0) is 8.56. The van der Waals surface area contributed by atoms with E-state index in [9.17, 15) is 0 Å². The van der Waals surface area contributed by atoms with Crippen LogP contribution in [-0.4, -0.2) is 3.42 Å². The molecular weight excluding hydrogens is 313 g/mol. The average molecular weight is 323 g/mol. The van der Waals surface area contributed by atoms with Gasteiger partial charge in [0.05, 0.1) is 0 Å². The maximum absolute atomic E-state index is 6.00. The van der Waals surface area contributed by atoms with E-state index >= 15 is 0 Å². The van der Waals surface area contributed by atoms with Gasteiger partial charge in [-0.3, -0.25) is 0 Å². The van der Waals surface area contributed by atoms with Gasteiger partial charge >= 0.3 is 18.9 Å². The summed E-state index contributed by atoms with van der Waals surface area (Å²) in [6.45, 7) is 0. The normalized spacial score (nSPS) is 56.3. The van der Waals surface area contributed by atoms with Crippen molar-refractivity contribution in [3.8, 4) is 0 Å². The summed E-state index contributed by atoms with van der Waals surface area (Å²) >= 11 is 14.6. The van der Waals surface area contributed by atoms with E-state index in [2.05, 4.69) is 22.6 Å². The van der Waals surface area contributed by atoms with Crippen LogP contribution in [0.15, 0.2) is 0 Å². The van der Waals surface area contributed by atoms with Gasteiger partial charge in [-0.1, -0.05) is 48.3 Å². The van der Waals surface area contributed by atoms with Crippen LogP contribution in [-0.2, 0) is 0 Å². The molecule has 4 bridgehead atoms. The molecule has 13 heavy (non-hydrogen) atoms. The molecule has 4 aliphatic carbocycles. The molecule has 2 unspecified atom stereocenters. The third kappa shape index (κ3) is 1.02. The van der Waals surface area contributed by atoms with Gasteiger partial charge in [0.15, 0.2) is 0 Å². The molecule has 0 aromatic heterocycles. The van der Waals surface area contributed by atoms with Crippen LogP contribution in [0.3, 0.4) is 0 Å². The number of hydrogen-bond acceptors (Lipinski definition) is 0. The first-order valence-electron chi connectivity index (χ1n) is 4.50. The third-order valence-electron chi connectivity index (χ3n) is 4.30. The predicted octanol–water partition coefficient (Wildman–Crippen LogP) is 0.951. The van der Waals surface area contributed by atoms with Crippen molar-refractivity contribution < 1.29 is 18.9 Å². The van der Waals surface area contributed by atoms with E-state index in [1.165, 1.54) is 25.7 Å². The smallest absolute Gasteiger partial charge is 0.329 e. The van der Waals surface area contributed by atoms with E-state index in [1.807, 2.05) is 0 Å². The summed E-state index contributed by atoms with van der Waals surface area (Å²) in [5.74, 6) is 1.63. The van der Waals surface area contributed by atoms with Crippen LogP contribution in [0.4, 0.5) is 0 Å². The van der Waals surface area contributed by atoms with Crippen LogP contribution < -0.4 is 18.9 Å². The largest absolute Gasteiger partial charge is 1.00 e. The maximum atomic E-state index is 6.00. The van der Waals surface area contributed by atoms with Crippen molar-refractivity contribution in [2.45, 2.75) is 29.1 Å². The van der Waals surface area contributed by atoms with Crippen molar-refractivity contribution >= 4 is 45.8 Å². The van der Waals surface area contributed by atoms with E-state index in [0.717, 1.165) is 11.8 Å². The summed E-state index contributed by atoms with van der Waals surface area (Å²) in [4.78, 5) is 0.677. The summed E-state index contributed by atoms with van der Waals surface area (Å²) < 4.78 is 0.602. The monoisotopic (exact) mass is 322 g/mol. The molecule has 0 spiro atoms. The van der Waals surface area contributed by atoms with Gasteiger partial charge in [0.1, 0.15) is 0 Å². The Kier molecular flexibility index (Phi) is 2.80. The molecule has 68 valence electrons. The predicted molar refractivity (Wildman–Crippen MR) is 59.6 cm³/mol. The second kappa shape index (κ2) is 3.20. The molecule has 0 aromatic carbocycles. The van der Waals surface area contributed by atoms with Crippen LogP contribution in [0, 0.1) is 22.1 Å². The van der Waals surface area contributed by atoms with E-state index in [-0.39, 0.29) is 24.3 Å². The number of rotatable bonds is 1. The van der Waals surface area contributed by atoms with Gasteiger partial charge in [-0.15, -0.1) is 10.3 Å². The molecule has 4 aliphatic rings. The Morgan fingerprint density at radius 3 is 2.08 bits per heavy atom. The van der Waals surface area contributed by atoms with Gasteiger partial charge in [-0.25, -0.2) is 0 Å². The van der Waals surface area contributed by atoms with Crippen LogP contribution >= 0.6 is 45.8 Å². The second-order valence-electron chi connectivity index (χ2n) is 4.44. The van der Waals surface area contributed by atoms with Crippen molar-refractivity contribution in [3.63, 3.8) is 0 Å². The van der Waals surface area contributed by atoms with E-state index < -0.39 is 0 Å². The van der Waals surface area contributed by atoms with Gasteiger partial charge in [-0.2, -0.15) is 0 Å². The second-order valence-corrected chi connectivity index (χ2v) is 7.40. The Hall–Kier alpha value is 1.91. The summed E-state index contributed by atoms with van der Waals surface area (Å²) in [6, 6.07) is 0. The summed E-state index contributed by atoms with van der Waals surface area (Å²) in [5.41, 5.74) is 0.280. The Morgan fingerprint density at radius 1 is 1.23 bits per heavy atom. The van der Waals surface area contributed by atoms with Crippen LogP contribution in [0.5, 0.6) is 0 Å². The first-order chi connectivity index (χ1) is 5.62. The molecule has 0 amide bonds. The molecule has 0 nitrogen and oxygen atoms in total. The minimum Gasteiger partial charge on any atom is -0.329 e. The van der Waals surface area contributed by atoms with Gasteiger partial charge in [-0.05, 0) is 11.8 Å². The fraction of sp³-hybridized carbons (Fsp3) is 0.889. The zero-order valence-corrected chi connectivity index (χ0v) is 11.3. The molecule has 0 radical (unpaired) electrons. The van der Waals surface area contributed by atoms with Crippen molar-refractivity contribution in [3.05, 3.63) is 4.84 Å². The fourth-order valence-corrected chi connectivity index (χ4v) is 6.80. The quantitative estimate of drug-likeness (QED) is 0.292. The molecule has 0 aliphatic heterocycles. The third-order valence-corrected chi connectivity index (χ3v) is 6.89. The molecule has 2 atom stereocenters. The minimum atomic E-state index is 0. The summed E-state index contributed by atoms with van der Waals surface area (Å²) in [5, 5.41) is 0. The molecule has 0 N–H and O–H groups in total. The minimum absolute atomic E-state index is 0. The first kappa shape index (κ1) is 11.4. The Labute approximate surface area is 115 Å². The van der Waals surface area contributed by atoms with Crippen molar-refractivity contribution in [2.75, 3.05) is 0 Å².